The van der Waals surface area contributed by atoms with E-state index in [9.17, 15) is 40.7 Å². The van der Waals surface area contributed by atoms with E-state index in [-0.39, 0.29) is 91.5 Å². The minimum absolute atomic E-state index is 0.0255. The van der Waals surface area contributed by atoms with Gasteiger partial charge in [0.1, 0.15) is 91.2 Å². The van der Waals surface area contributed by atoms with E-state index < -0.39 is 212 Å². The number of aliphatic hydroxyl groups excluding tert-OH is 3. The summed E-state index contributed by atoms with van der Waals surface area (Å²) in [6.45, 7) is 14.6. The molecule has 0 unspecified atom stereocenters. The van der Waals surface area contributed by atoms with Crippen LogP contribution in [0.5, 0.6) is 5.75 Å². The van der Waals surface area contributed by atoms with Crippen LogP contribution in [0.3, 0.4) is 0 Å². The zero-order valence-electron chi connectivity index (χ0n) is 56.8. The Kier molecular flexibility index (Phi) is 22.9. The molecule has 33 atom stereocenters. The van der Waals surface area contributed by atoms with E-state index in [0.29, 0.717) is 0 Å². The Balaban J connectivity index is 0.666. The fourth-order valence-electron chi connectivity index (χ4n) is 15.6. The molecule has 0 amide bonds. The van der Waals surface area contributed by atoms with Crippen LogP contribution in [-0.4, -0.2) is 298 Å². The van der Waals surface area contributed by atoms with Crippen molar-refractivity contribution in [1.29, 1.82) is 0 Å². The number of phenolic OH excluding ortho intramolecular Hbond substituents is 1. The van der Waals surface area contributed by atoms with E-state index in [2.05, 4.69) is 0 Å². The third-order valence-electron chi connectivity index (χ3n) is 20.8. The first-order chi connectivity index (χ1) is 46.4. The van der Waals surface area contributed by atoms with E-state index in [1.54, 1.807) is 48.5 Å². The van der Waals surface area contributed by atoms with Crippen molar-refractivity contribution in [1.82, 2.24) is 5.23 Å². The Hall–Kier alpha value is -2.13. The molecule has 1 aromatic carbocycles. The maximum atomic E-state index is 13.9. The number of aromatic hydroxyl groups is 1. The molecule has 11 saturated heterocycles. The van der Waals surface area contributed by atoms with Crippen molar-refractivity contribution in [2.75, 3.05) is 55.1 Å². The number of fused-ring (bicyclic) bond motifs is 4. The minimum atomic E-state index is -1.81. The number of esters is 1. The number of nitrogens with zero attached hydrogens (tertiary/aromatic N) is 1. The molecule has 11 heterocycles. The number of rotatable bonds is 19. The Labute approximate surface area is 576 Å². The van der Waals surface area contributed by atoms with Gasteiger partial charge in [-0.1, -0.05) is 23.2 Å². The van der Waals surface area contributed by atoms with Gasteiger partial charge in [-0.3, -0.25) is 5.23 Å². The van der Waals surface area contributed by atoms with E-state index in [1.165, 1.54) is 41.4 Å². The van der Waals surface area contributed by atoms with E-state index in [0.717, 1.165) is 0 Å². The zero-order valence-corrected chi connectivity index (χ0v) is 58.3. The Morgan fingerprint density at radius 3 is 2.13 bits per heavy atom. The molecule has 558 valence electrons. The van der Waals surface area contributed by atoms with Crippen molar-refractivity contribution >= 4 is 29.2 Å². The predicted octanol–water partition coefficient (Wildman–Crippen LogP) is 2.42. The summed E-state index contributed by atoms with van der Waals surface area (Å²) in [6, 6.07) is 1.23. The zero-order chi connectivity index (χ0) is 70.5. The molecule has 98 heavy (non-hydrogen) atoms. The first-order valence-electron chi connectivity index (χ1n) is 33.2. The first kappa shape index (κ1) is 75.5. The normalized spacial score (nSPS) is 49.2. The van der Waals surface area contributed by atoms with Crippen molar-refractivity contribution in [3.63, 3.8) is 0 Å². The highest BCUT2D eigenvalue weighted by Crippen LogP contribution is 2.53. The van der Waals surface area contributed by atoms with Gasteiger partial charge in [-0.2, -0.15) is 0 Å². The van der Waals surface area contributed by atoms with Crippen LogP contribution in [0.15, 0.2) is 6.07 Å². The Morgan fingerprint density at radius 2 is 1.43 bits per heavy atom. The lowest BCUT2D eigenvalue weighted by Crippen LogP contribution is -2.69. The van der Waals surface area contributed by atoms with Gasteiger partial charge < -0.3 is 150 Å². The van der Waals surface area contributed by atoms with E-state index in [4.69, 9.17) is 137 Å². The number of carbonyl (C=O) groups is 1. The van der Waals surface area contributed by atoms with Crippen molar-refractivity contribution in [2.45, 2.75) is 302 Å². The minimum Gasteiger partial charge on any atom is -0.762 e. The maximum absolute atomic E-state index is 13.9. The monoisotopic (exact) mass is 1450 g/mol. The molecule has 6 N–H and O–H groups in total. The molecule has 2 spiro atoms. The second-order valence-corrected chi connectivity index (χ2v) is 28.7. The Bertz CT molecular complexity index is 2900. The summed E-state index contributed by atoms with van der Waals surface area (Å²) in [6.07, 6.45) is -28.7. The lowest BCUT2D eigenvalue weighted by atomic mass is 9.85. The summed E-state index contributed by atoms with van der Waals surface area (Å²) in [5, 5.41) is 80.4. The van der Waals surface area contributed by atoms with Crippen molar-refractivity contribution < 1.29 is 149 Å². The molecule has 33 nitrogen and oxygen atoms in total. The van der Waals surface area contributed by atoms with Crippen molar-refractivity contribution in [3.05, 3.63) is 32.4 Å². The summed E-state index contributed by atoms with van der Waals surface area (Å²) < 4.78 is 150. The van der Waals surface area contributed by atoms with Gasteiger partial charge in [-0.25, -0.2) is 4.79 Å². The third-order valence-corrected chi connectivity index (χ3v) is 21.6. The van der Waals surface area contributed by atoms with Gasteiger partial charge in [0.15, 0.2) is 55.7 Å². The number of halogens is 2. The summed E-state index contributed by atoms with van der Waals surface area (Å²) >= 11 is 12.5. The number of phenols is 1. The van der Waals surface area contributed by atoms with Crippen LogP contribution in [0.25, 0.3) is 0 Å². The van der Waals surface area contributed by atoms with E-state index >= 15 is 0 Å². The summed E-state index contributed by atoms with van der Waals surface area (Å²) in [7, 11) is 5.69. The summed E-state index contributed by atoms with van der Waals surface area (Å²) in [5.41, 5.74) is -3.85. The number of hydrogen-bond donors (Lipinski definition) is 6. The molecule has 0 saturated carbocycles. The number of methoxy groups -OCH3 is 4. The van der Waals surface area contributed by atoms with Crippen LogP contribution >= 0.6 is 23.2 Å². The molecule has 0 radical (unpaired) electrons. The highest BCUT2D eigenvalue weighted by molar-refractivity contribution is 6.38. The fraction of sp³-hybridized carbons (Fsp3) is 0.889. The number of hydroxylamine groups is 2. The summed E-state index contributed by atoms with van der Waals surface area (Å²) in [5.74, 6) is -4.87. The second-order valence-electron chi connectivity index (χ2n) is 27.9. The fourth-order valence-corrected chi connectivity index (χ4v) is 16.1. The number of ether oxygens (including phenoxy) is 24. The molecular formula is C63H94Cl2NO32-. The molecule has 0 aliphatic carbocycles. The molecule has 11 aliphatic rings. The molecule has 11 fully saturated rings. The van der Waals surface area contributed by atoms with Crippen LogP contribution in [0, 0.1) is 12.1 Å². The van der Waals surface area contributed by atoms with Gasteiger partial charge in [0, 0.05) is 59.7 Å². The number of hydrogen-bond acceptors (Lipinski definition) is 33. The molecule has 35 heteroatoms. The maximum Gasteiger partial charge on any atom is 0.338 e. The quantitative estimate of drug-likeness (QED) is 0.0855. The smallest absolute Gasteiger partial charge is 0.338 e. The topological polar surface area (TPSA) is 386 Å². The van der Waals surface area contributed by atoms with Crippen LogP contribution in [0.4, 0.5) is 0 Å². The van der Waals surface area contributed by atoms with Crippen molar-refractivity contribution in [2.24, 2.45) is 0 Å². The van der Waals surface area contributed by atoms with Gasteiger partial charge >= 0.3 is 11.9 Å². The highest BCUT2D eigenvalue weighted by atomic mass is 35.5. The average molecular weight is 1450 g/mol. The van der Waals surface area contributed by atoms with Crippen LogP contribution < -0.4 is 0 Å². The van der Waals surface area contributed by atoms with Gasteiger partial charge in [0.05, 0.1) is 90.7 Å². The largest absolute Gasteiger partial charge is 0.762 e. The molecular weight excluding hydrogens is 1350 g/mol. The second kappa shape index (κ2) is 29.7. The first-order valence-corrected chi connectivity index (χ1v) is 34.0. The third kappa shape index (κ3) is 14.4. The Morgan fingerprint density at radius 1 is 0.714 bits per heavy atom. The highest BCUT2D eigenvalue weighted by Gasteiger charge is 2.71. The van der Waals surface area contributed by atoms with Crippen molar-refractivity contribution in [3.8, 4) is 5.75 Å². The van der Waals surface area contributed by atoms with Crippen LogP contribution in [0.2, 0.25) is 10.0 Å². The summed E-state index contributed by atoms with van der Waals surface area (Å²) in [4.78, 5) is 13.9. The number of carbonyl (C=O) groups excluding carboxylic acids is 1. The number of aliphatic hydroxyl groups is 4. The van der Waals surface area contributed by atoms with Gasteiger partial charge in [-0.15, -0.1) is 0 Å². The molecule has 11 aliphatic heterocycles. The van der Waals surface area contributed by atoms with Crippen LogP contribution in [-0.2, 0) is 114 Å². The van der Waals surface area contributed by atoms with Gasteiger partial charge in [-0.05, 0) is 80.4 Å². The predicted molar refractivity (Wildman–Crippen MR) is 325 cm³/mol. The lowest BCUT2D eigenvalue weighted by molar-refractivity contribution is -0.422. The number of benzene rings is 1. The van der Waals surface area contributed by atoms with Gasteiger partial charge in [0.25, 0.3) is 5.97 Å². The van der Waals surface area contributed by atoms with E-state index in [1.807, 2.05) is 6.92 Å². The molecule has 0 bridgehead atoms. The van der Waals surface area contributed by atoms with Gasteiger partial charge in [0.2, 0.25) is 0 Å². The standard InChI is InChI=1S/C63H94Cl2NO32/c1-25-14-35(44(69)56(84-25)92-48-37(21-75-10)89-58(50(77-12)45(48)70)93-57-51(78-13)49-38(22-79-57)95-63(96-49)54-53(80-24-81-54)61(72,23-82-63)31(7)76-11)87-41-20-60(9)52(30(6)86-41)97-62(98-60)18-34(67)46(29(5)94-62)90-39-16-36(88-40-19-59(8,66(73)74)17-26(2)83-40)47(28(4)85-39)91-55(71)32-15-33(64)43(68)42(65)27(32)3/h15,25-26,28-31,34-41,44-54,56-58,67-70,72-73H,14,16-24H2,1-13H3/q-1/t25-,26-,28+,29-,30-,31-,34-,35+,36+,37-,38-,39-,40+,41-,44-,45+,46-,47+,48-,49+,50-,51-,52-,53-,54+,56+,57+,58+,59+,60+,61-,62+,63+/m0/s1. The SMILES string of the molecule is COC[C@@H]1O[C@H](O[C@H]2OC[C@@H]3O[C@@]4(OC[C@](O)([C@H](C)OC)[C@H]5OCO[C@H]54)O[C@H]3[C@@H]2OC)[C@@H](OC)[C@H](O)[C@H]1O[C@H]1O[C@@H](C)C[C@@H](O[C@H]2C[C@@]3(C)O[C@@]4(C[C@H](O)[C@@H](O[C@H]5C[C@@H](O[C@@H]6C[C@](C)(N([O-])O)C[C@H](C)O6)[C@H](OC(=O)c6cc(Cl)c(O)c(Cl)c6C)[C@@H](C)O5)[C@H](C)O4)O[C@H]3[C@H](C)O2)[C@@H]1O. The lowest BCUT2D eigenvalue weighted by Gasteiger charge is -2.50. The molecule has 12 rings (SSSR count). The average Bonchev–Trinajstić information content (AvgIpc) is 1.54. The molecule has 0 aromatic heterocycles. The van der Waals surface area contributed by atoms with Crippen LogP contribution in [0.1, 0.15) is 110 Å². The molecule has 1 aromatic rings.